The van der Waals surface area contributed by atoms with Crippen molar-refractivity contribution in [1.82, 2.24) is 0 Å². The van der Waals surface area contributed by atoms with Gasteiger partial charge in [0, 0.05) is 17.0 Å². The first-order valence-electron chi connectivity index (χ1n) is 6.10. The zero-order valence-electron chi connectivity index (χ0n) is 10.8. The Hall–Kier alpha value is -2.02. The van der Waals surface area contributed by atoms with Crippen LogP contribution in [0.2, 0.25) is 0 Å². The number of nitrogens with one attached hydrogen (secondary N) is 1. The first-order valence-corrected chi connectivity index (χ1v) is 6.98. The lowest BCUT2D eigenvalue weighted by atomic mass is 10.2. The third kappa shape index (κ3) is 5.47. The molecule has 0 bridgehead atoms. The molecule has 7 heteroatoms. The van der Waals surface area contributed by atoms with Crippen molar-refractivity contribution in [3.63, 3.8) is 0 Å². The second-order valence-corrected chi connectivity index (χ2v) is 5.23. The Morgan fingerprint density at radius 1 is 1.19 bits per heavy atom. The van der Waals surface area contributed by atoms with E-state index in [2.05, 4.69) is 10.1 Å². The molecule has 1 aromatic carbocycles. The van der Waals surface area contributed by atoms with Gasteiger partial charge in [-0.25, -0.2) is 0 Å². The van der Waals surface area contributed by atoms with Crippen molar-refractivity contribution >= 4 is 22.9 Å². The van der Waals surface area contributed by atoms with Gasteiger partial charge >= 0.3 is 6.36 Å². The molecule has 0 spiro atoms. The van der Waals surface area contributed by atoms with Crippen LogP contribution in [0.3, 0.4) is 0 Å². The standard InChI is InChI=1S/C14H12F3NO2S/c15-14(16,17)20-11-5-3-10(4-6-11)18-13(19)8-7-12-2-1-9-21-12/h1-6,9H,7-8H2,(H,18,19). The van der Waals surface area contributed by atoms with E-state index in [0.717, 1.165) is 17.0 Å². The van der Waals surface area contributed by atoms with E-state index in [0.29, 0.717) is 18.5 Å². The first kappa shape index (κ1) is 15.4. The molecule has 0 fully saturated rings. The number of halogens is 3. The normalized spacial score (nSPS) is 11.2. The third-order valence-corrected chi connectivity index (χ3v) is 3.49. The second kappa shape index (κ2) is 6.62. The van der Waals surface area contributed by atoms with Gasteiger partial charge in [0.1, 0.15) is 5.75 Å². The van der Waals surface area contributed by atoms with Gasteiger partial charge in [-0.3, -0.25) is 4.79 Å². The van der Waals surface area contributed by atoms with E-state index in [1.54, 1.807) is 11.3 Å². The van der Waals surface area contributed by atoms with E-state index < -0.39 is 6.36 Å². The fourth-order valence-corrected chi connectivity index (χ4v) is 2.36. The van der Waals surface area contributed by atoms with Crippen LogP contribution in [-0.4, -0.2) is 12.3 Å². The number of amides is 1. The number of alkyl halides is 3. The maximum atomic E-state index is 12.0. The number of carbonyl (C=O) groups is 1. The Labute approximate surface area is 123 Å². The Balaban J connectivity index is 1.83. The Kier molecular flexibility index (Phi) is 4.85. The van der Waals surface area contributed by atoms with Crippen molar-refractivity contribution in [1.29, 1.82) is 0 Å². The average molecular weight is 315 g/mol. The summed E-state index contributed by atoms with van der Waals surface area (Å²) in [6.07, 6.45) is -3.76. The number of benzene rings is 1. The van der Waals surface area contributed by atoms with Crippen molar-refractivity contribution in [2.45, 2.75) is 19.2 Å². The fourth-order valence-electron chi connectivity index (χ4n) is 1.65. The molecule has 0 aliphatic carbocycles. The smallest absolute Gasteiger partial charge is 0.406 e. The van der Waals surface area contributed by atoms with Crippen LogP contribution in [0.15, 0.2) is 41.8 Å². The quantitative estimate of drug-likeness (QED) is 0.897. The van der Waals surface area contributed by atoms with E-state index in [1.165, 1.54) is 12.1 Å². The maximum Gasteiger partial charge on any atom is 0.573 e. The summed E-state index contributed by atoms with van der Waals surface area (Å²) in [5.41, 5.74) is 0.431. The van der Waals surface area contributed by atoms with Crippen molar-refractivity contribution in [2.24, 2.45) is 0 Å². The summed E-state index contributed by atoms with van der Waals surface area (Å²) >= 11 is 1.58. The lowest BCUT2D eigenvalue weighted by Gasteiger charge is -2.09. The molecule has 1 aromatic heterocycles. The van der Waals surface area contributed by atoms with Crippen molar-refractivity contribution in [3.8, 4) is 5.75 Å². The molecular formula is C14H12F3NO2S. The average Bonchev–Trinajstić information content (AvgIpc) is 2.90. The minimum absolute atomic E-state index is 0.187. The van der Waals surface area contributed by atoms with Gasteiger partial charge in [0.15, 0.2) is 0 Å². The minimum Gasteiger partial charge on any atom is -0.406 e. The van der Waals surface area contributed by atoms with Crippen LogP contribution in [0.1, 0.15) is 11.3 Å². The lowest BCUT2D eigenvalue weighted by Crippen LogP contribution is -2.17. The number of hydrogen-bond acceptors (Lipinski definition) is 3. The molecule has 0 aliphatic rings. The highest BCUT2D eigenvalue weighted by atomic mass is 32.1. The number of rotatable bonds is 5. The van der Waals surface area contributed by atoms with Gasteiger partial charge in [0.2, 0.25) is 5.91 Å². The largest absolute Gasteiger partial charge is 0.573 e. The molecule has 112 valence electrons. The topological polar surface area (TPSA) is 38.3 Å². The monoisotopic (exact) mass is 315 g/mol. The summed E-state index contributed by atoms with van der Waals surface area (Å²) in [7, 11) is 0. The number of ether oxygens (including phenoxy) is 1. The van der Waals surface area contributed by atoms with Crippen LogP contribution >= 0.6 is 11.3 Å². The summed E-state index contributed by atoms with van der Waals surface area (Å²) in [6.45, 7) is 0. The van der Waals surface area contributed by atoms with Crippen LogP contribution < -0.4 is 10.1 Å². The van der Waals surface area contributed by atoms with E-state index in [9.17, 15) is 18.0 Å². The van der Waals surface area contributed by atoms with Crippen molar-refractivity contribution in [2.75, 3.05) is 5.32 Å². The number of thiophene rings is 1. The molecular weight excluding hydrogens is 303 g/mol. The Morgan fingerprint density at radius 2 is 1.90 bits per heavy atom. The SMILES string of the molecule is O=C(CCc1cccs1)Nc1ccc(OC(F)(F)F)cc1. The highest BCUT2D eigenvalue weighted by molar-refractivity contribution is 7.09. The molecule has 1 N–H and O–H groups in total. The predicted molar refractivity (Wildman–Crippen MR) is 74.4 cm³/mol. The van der Waals surface area contributed by atoms with Gasteiger partial charge < -0.3 is 10.1 Å². The molecule has 1 amide bonds. The van der Waals surface area contributed by atoms with Crippen LogP contribution in [0.25, 0.3) is 0 Å². The first-order chi connectivity index (χ1) is 9.92. The Morgan fingerprint density at radius 3 is 2.48 bits per heavy atom. The molecule has 2 rings (SSSR count). The van der Waals surface area contributed by atoms with Gasteiger partial charge in [-0.05, 0) is 42.1 Å². The molecule has 21 heavy (non-hydrogen) atoms. The van der Waals surface area contributed by atoms with Crippen molar-refractivity contribution in [3.05, 3.63) is 46.7 Å². The molecule has 2 aromatic rings. The minimum atomic E-state index is -4.72. The molecule has 0 saturated heterocycles. The number of anilines is 1. The zero-order chi connectivity index (χ0) is 15.3. The molecule has 3 nitrogen and oxygen atoms in total. The summed E-state index contributed by atoms with van der Waals surface area (Å²) in [5, 5.41) is 4.56. The number of hydrogen-bond donors (Lipinski definition) is 1. The van der Waals surface area contributed by atoms with E-state index >= 15 is 0 Å². The van der Waals surface area contributed by atoms with Crippen LogP contribution in [-0.2, 0) is 11.2 Å². The maximum absolute atomic E-state index is 12.0. The van der Waals surface area contributed by atoms with Crippen molar-refractivity contribution < 1.29 is 22.7 Å². The van der Waals surface area contributed by atoms with E-state index in [4.69, 9.17) is 0 Å². The second-order valence-electron chi connectivity index (χ2n) is 4.20. The predicted octanol–water partition coefficient (Wildman–Crippen LogP) is 4.22. The van der Waals surface area contributed by atoms with Crippen LogP contribution in [0.4, 0.5) is 18.9 Å². The molecule has 0 aliphatic heterocycles. The summed E-state index contributed by atoms with van der Waals surface area (Å²) in [5.74, 6) is -0.507. The zero-order valence-corrected chi connectivity index (χ0v) is 11.6. The molecule has 0 unspecified atom stereocenters. The van der Waals surface area contributed by atoms with Gasteiger partial charge in [-0.15, -0.1) is 24.5 Å². The summed E-state index contributed by atoms with van der Waals surface area (Å²) < 4.78 is 39.7. The molecule has 0 radical (unpaired) electrons. The van der Waals surface area contributed by atoms with Crippen LogP contribution in [0.5, 0.6) is 5.75 Å². The van der Waals surface area contributed by atoms with E-state index in [-0.39, 0.29) is 11.7 Å². The van der Waals surface area contributed by atoms with Gasteiger partial charge in [0.05, 0.1) is 0 Å². The van der Waals surface area contributed by atoms with Gasteiger partial charge in [0.25, 0.3) is 0 Å². The Bertz CT molecular complexity index is 579. The van der Waals surface area contributed by atoms with Gasteiger partial charge in [-0.1, -0.05) is 6.07 Å². The highest BCUT2D eigenvalue weighted by Crippen LogP contribution is 2.24. The van der Waals surface area contributed by atoms with Crippen LogP contribution in [0, 0.1) is 0 Å². The molecule has 0 atom stereocenters. The highest BCUT2D eigenvalue weighted by Gasteiger charge is 2.30. The summed E-state index contributed by atoms with van der Waals surface area (Å²) in [4.78, 5) is 12.8. The molecule has 0 saturated carbocycles. The lowest BCUT2D eigenvalue weighted by molar-refractivity contribution is -0.274. The summed E-state index contributed by atoms with van der Waals surface area (Å²) in [6, 6.07) is 8.90. The third-order valence-electron chi connectivity index (χ3n) is 2.55. The fraction of sp³-hybridized carbons (Fsp3) is 0.214. The number of aryl methyl sites for hydroxylation is 1. The number of carbonyl (C=O) groups excluding carboxylic acids is 1. The molecule has 1 heterocycles. The van der Waals surface area contributed by atoms with E-state index in [1.807, 2.05) is 17.5 Å². The van der Waals surface area contributed by atoms with Gasteiger partial charge in [-0.2, -0.15) is 0 Å².